The zero-order valence-electron chi connectivity index (χ0n) is 7.76. The molecule has 13 heavy (non-hydrogen) atoms. The van der Waals surface area contributed by atoms with E-state index in [-0.39, 0.29) is 11.9 Å². The first-order valence-electron chi connectivity index (χ1n) is 4.25. The van der Waals surface area contributed by atoms with Crippen molar-refractivity contribution in [1.82, 2.24) is 0 Å². The molecule has 0 saturated carbocycles. The van der Waals surface area contributed by atoms with Crippen molar-refractivity contribution in [2.45, 2.75) is 19.4 Å². The highest BCUT2D eigenvalue weighted by molar-refractivity contribution is 5.21. The van der Waals surface area contributed by atoms with Gasteiger partial charge in [-0.15, -0.1) is 6.58 Å². The number of rotatable bonds is 3. The van der Waals surface area contributed by atoms with E-state index < -0.39 is 0 Å². The van der Waals surface area contributed by atoms with Crippen molar-refractivity contribution in [2.24, 2.45) is 5.73 Å². The van der Waals surface area contributed by atoms with Gasteiger partial charge >= 0.3 is 0 Å². The highest BCUT2D eigenvalue weighted by Gasteiger charge is 2.06. The molecule has 1 aromatic rings. The maximum absolute atomic E-state index is 12.8. The van der Waals surface area contributed by atoms with Crippen LogP contribution in [0.1, 0.15) is 24.9 Å². The van der Waals surface area contributed by atoms with Crippen molar-refractivity contribution in [3.05, 3.63) is 47.8 Å². The normalized spacial score (nSPS) is 12.5. The fraction of sp³-hybridized carbons (Fsp3) is 0.273. The molecule has 0 radical (unpaired) electrons. The number of nitrogens with two attached hydrogens (primary N) is 1. The van der Waals surface area contributed by atoms with Crippen LogP contribution in [0.4, 0.5) is 4.39 Å². The molecule has 0 unspecified atom stereocenters. The van der Waals surface area contributed by atoms with Gasteiger partial charge in [-0.2, -0.15) is 0 Å². The molecule has 1 aromatic carbocycles. The molecule has 0 amide bonds. The van der Waals surface area contributed by atoms with Gasteiger partial charge < -0.3 is 5.73 Å². The fourth-order valence-electron chi connectivity index (χ4n) is 1.23. The molecule has 0 aliphatic rings. The summed E-state index contributed by atoms with van der Waals surface area (Å²) in [5, 5.41) is 0. The Kier molecular flexibility index (Phi) is 3.20. The minimum Gasteiger partial charge on any atom is -0.324 e. The first-order valence-corrected chi connectivity index (χ1v) is 4.25. The maximum atomic E-state index is 12.8. The largest absolute Gasteiger partial charge is 0.324 e. The summed E-state index contributed by atoms with van der Waals surface area (Å²) in [6, 6.07) is 6.23. The summed E-state index contributed by atoms with van der Waals surface area (Å²) in [7, 11) is 0. The molecule has 0 heterocycles. The second-order valence-corrected chi connectivity index (χ2v) is 3.32. The molecule has 70 valence electrons. The molecular weight excluding hydrogens is 165 g/mol. The Balaban J connectivity index is 2.76. The van der Waals surface area contributed by atoms with Gasteiger partial charge in [0, 0.05) is 6.04 Å². The molecule has 2 N–H and O–H groups in total. The third-order valence-electron chi connectivity index (χ3n) is 1.85. The van der Waals surface area contributed by atoms with Crippen LogP contribution >= 0.6 is 0 Å². The molecule has 0 saturated heterocycles. The first-order chi connectivity index (χ1) is 6.09. The highest BCUT2D eigenvalue weighted by atomic mass is 19.1. The fourth-order valence-corrected chi connectivity index (χ4v) is 1.23. The van der Waals surface area contributed by atoms with Crippen LogP contribution in [0.15, 0.2) is 36.4 Å². The molecule has 0 aliphatic carbocycles. The average molecular weight is 179 g/mol. The number of benzene rings is 1. The summed E-state index contributed by atoms with van der Waals surface area (Å²) in [6.07, 6.45) is 0.698. The molecule has 1 nitrogen and oxygen atoms in total. The number of halogens is 1. The van der Waals surface area contributed by atoms with E-state index >= 15 is 0 Å². The lowest BCUT2D eigenvalue weighted by Crippen LogP contribution is -2.10. The van der Waals surface area contributed by atoms with Crippen molar-refractivity contribution in [3.63, 3.8) is 0 Å². The van der Waals surface area contributed by atoms with Crippen LogP contribution in [-0.4, -0.2) is 0 Å². The van der Waals surface area contributed by atoms with Gasteiger partial charge in [0.2, 0.25) is 0 Å². The summed E-state index contributed by atoms with van der Waals surface area (Å²) in [4.78, 5) is 0. The highest BCUT2D eigenvalue weighted by Crippen LogP contribution is 2.17. The van der Waals surface area contributed by atoms with E-state index in [2.05, 4.69) is 6.58 Å². The summed E-state index contributed by atoms with van der Waals surface area (Å²) in [6.45, 7) is 5.69. The predicted octanol–water partition coefficient (Wildman–Crippen LogP) is 2.79. The van der Waals surface area contributed by atoms with E-state index in [9.17, 15) is 4.39 Å². The molecule has 0 aromatic heterocycles. The van der Waals surface area contributed by atoms with E-state index in [1.165, 1.54) is 12.1 Å². The Labute approximate surface area is 78.1 Å². The standard InChI is InChI=1S/C11H14FN/c1-8(2)6-11(13)9-4-3-5-10(12)7-9/h3-5,7,11H,1,6,13H2,2H3/t11-/m1/s1. The van der Waals surface area contributed by atoms with Gasteiger partial charge in [-0.25, -0.2) is 4.39 Å². The van der Waals surface area contributed by atoms with Gasteiger partial charge in [-0.1, -0.05) is 17.7 Å². The van der Waals surface area contributed by atoms with Crippen LogP contribution in [0.5, 0.6) is 0 Å². The zero-order chi connectivity index (χ0) is 9.84. The topological polar surface area (TPSA) is 26.0 Å². The van der Waals surface area contributed by atoms with Crippen LogP contribution < -0.4 is 5.73 Å². The van der Waals surface area contributed by atoms with E-state index in [0.29, 0.717) is 6.42 Å². The predicted molar refractivity (Wildman–Crippen MR) is 52.8 cm³/mol. The first kappa shape index (κ1) is 9.93. The van der Waals surface area contributed by atoms with Crippen LogP contribution in [0.3, 0.4) is 0 Å². The van der Waals surface area contributed by atoms with Crippen molar-refractivity contribution in [2.75, 3.05) is 0 Å². The molecule has 0 aliphatic heterocycles. The minimum absolute atomic E-state index is 0.145. The third kappa shape index (κ3) is 2.99. The summed E-state index contributed by atoms with van der Waals surface area (Å²) in [5.74, 6) is -0.241. The second kappa shape index (κ2) is 4.19. The van der Waals surface area contributed by atoms with Gasteiger partial charge in [0.25, 0.3) is 0 Å². The molecule has 0 spiro atoms. The third-order valence-corrected chi connectivity index (χ3v) is 1.85. The quantitative estimate of drug-likeness (QED) is 0.709. The zero-order valence-corrected chi connectivity index (χ0v) is 7.76. The van der Waals surface area contributed by atoms with Crippen molar-refractivity contribution >= 4 is 0 Å². The van der Waals surface area contributed by atoms with Crippen LogP contribution in [0.25, 0.3) is 0 Å². The summed E-state index contributed by atoms with van der Waals surface area (Å²) < 4.78 is 12.8. The molecule has 1 atom stereocenters. The molecule has 0 bridgehead atoms. The maximum Gasteiger partial charge on any atom is 0.123 e. The van der Waals surface area contributed by atoms with Gasteiger partial charge in [0.05, 0.1) is 0 Å². The van der Waals surface area contributed by atoms with Gasteiger partial charge in [-0.3, -0.25) is 0 Å². The van der Waals surface area contributed by atoms with Gasteiger partial charge in [0.15, 0.2) is 0 Å². The smallest absolute Gasteiger partial charge is 0.123 e. The van der Waals surface area contributed by atoms with Crippen LogP contribution in [0, 0.1) is 5.82 Å². The molecular formula is C11H14FN. The SMILES string of the molecule is C=C(C)C[C@@H](N)c1cccc(F)c1. The van der Waals surface area contributed by atoms with Crippen molar-refractivity contribution in [3.8, 4) is 0 Å². The average Bonchev–Trinajstić information content (AvgIpc) is 2.03. The molecule has 1 rings (SSSR count). The summed E-state index contributed by atoms with van der Waals surface area (Å²) in [5.41, 5.74) is 7.67. The van der Waals surface area contributed by atoms with Gasteiger partial charge in [-0.05, 0) is 31.0 Å². The van der Waals surface area contributed by atoms with E-state index in [0.717, 1.165) is 11.1 Å². The Morgan fingerprint density at radius 3 is 2.85 bits per heavy atom. The lowest BCUT2D eigenvalue weighted by atomic mass is 10.0. The van der Waals surface area contributed by atoms with E-state index in [1.807, 2.05) is 13.0 Å². The van der Waals surface area contributed by atoms with Crippen molar-refractivity contribution < 1.29 is 4.39 Å². The van der Waals surface area contributed by atoms with E-state index in [4.69, 9.17) is 5.73 Å². The Bertz CT molecular complexity index is 307. The molecule has 2 heteroatoms. The van der Waals surface area contributed by atoms with E-state index in [1.54, 1.807) is 6.07 Å². The Morgan fingerprint density at radius 1 is 1.62 bits per heavy atom. The summed E-state index contributed by atoms with van der Waals surface area (Å²) >= 11 is 0. The lowest BCUT2D eigenvalue weighted by molar-refractivity contribution is 0.618. The molecule has 0 fully saturated rings. The van der Waals surface area contributed by atoms with Crippen LogP contribution in [0.2, 0.25) is 0 Å². The number of hydrogen-bond donors (Lipinski definition) is 1. The van der Waals surface area contributed by atoms with Crippen molar-refractivity contribution in [1.29, 1.82) is 0 Å². The van der Waals surface area contributed by atoms with Crippen LogP contribution in [-0.2, 0) is 0 Å². The Hall–Kier alpha value is -1.15. The number of hydrogen-bond acceptors (Lipinski definition) is 1. The minimum atomic E-state index is -0.241. The lowest BCUT2D eigenvalue weighted by Gasteiger charge is -2.11. The second-order valence-electron chi connectivity index (χ2n) is 3.32. The van der Waals surface area contributed by atoms with Gasteiger partial charge in [0.1, 0.15) is 5.82 Å². The monoisotopic (exact) mass is 179 g/mol. The Morgan fingerprint density at radius 2 is 2.31 bits per heavy atom.